The van der Waals surface area contributed by atoms with E-state index in [1.165, 1.54) is 61.0 Å². The van der Waals surface area contributed by atoms with Crippen LogP contribution in [0.5, 0.6) is 0 Å². The Kier molecular flexibility index (Phi) is 11.7. The summed E-state index contributed by atoms with van der Waals surface area (Å²) in [7, 11) is 0. The molecule has 8 heteroatoms. The van der Waals surface area contributed by atoms with Crippen molar-refractivity contribution in [3.8, 4) is 0 Å². The molecule has 4 N–H and O–H groups in total. The van der Waals surface area contributed by atoms with Crippen molar-refractivity contribution >= 4 is 23.1 Å². The molecule has 2 unspecified atom stereocenters. The van der Waals surface area contributed by atoms with Gasteiger partial charge in [0.15, 0.2) is 23.1 Å². The van der Waals surface area contributed by atoms with E-state index in [-0.39, 0.29) is 44.8 Å². The highest BCUT2D eigenvalue weighted by Crippen LogP contribution is 2.54. The number of aliphatic hydroxyl groups is 4. The first-order chi connectivity index (χ1) is 27.1. The number of carbonyl (C=O) groups is 4. The fourth-order valence-electron chi connectivity index (χ4n) is 9.51. The van der Waals surface area contributed by atoms with Crippen LogP contribution in [0, 0.1) is 0 Å². The van der Waals surface area contributed by atoms with Crippen LogP contribution in [0.3, 0.4) is 0 Å². The molecular formula is C52H64O8. The summed E-state index contributed by atoms with van der Waals surface area (Å²) < 4.78 is 0. The van der Waals surface area contributed by atoms with E-state index in [9.17, 15) is 39.6 Å². The van der Waals surface area contributed by atoms with Crippen molar-refractivity contribution in [1.82, 2.24) is 0 Å². The Labute approximate surface area is 356 Å². The van der Waals surface area contributed by atoms with E-state index < -0.39 is 22.4 Å². The van der Waals surface area contributed by atoms with Crippen LogP contribution in [0.2, 0.25) is 0 Å². The van der Waals surface area contributed by atoms with Gasteiger partial charge in [-0.3, -0.25) is 19.2 Å². The van der Waals surface area contributed by atoms with E-state index in [1.807, 2.05) is 48.5 Å². The second kappa shape index (κ2) is 15.1. The predicted octanol–water partition coefficient (Wildman–Crippen LogP) is 9.16. The number of ketones is 4. The molecule has 320 valence electrons. The van der Waals surface area contributed by atoms with Crippen LogP contribution in [-0.4, -0.2) is 66.0 Å². The monoisotopic (exact) mass is 816 g/mol. The quantitative estimate of drug-likeness (QED) is 0.116. The normalized spacial score (nSPS) is 20.7. The molecule has 60 heavy (non-hydrogen) atoms. The second-order valence-electron chi connectivity index (χ2n) is 21.0. The van der Waals surface area contributed by atoms with Crippen LogP contribution in [-0.2, 0) is 21.7 Å². The molecule has 0 radical (unpaired) electrons. The van der Waals surface area contributed by atoms with Gasteiger partial charge in [-0.1, -0.05) is 114 Å². The number of benzene rings is 4. The van der Waals surface area contributed by atoms with Crippen molar-refractivity contribution in [2.45, 2.75) is 154 Å². The molecule has 0 heterocycles. The Hall–Kier alpha value is -4.60. The smallest absolute Gasteiger partial charge is 0.193 e. The maximum absolute atomic E-state index is 12.7. The molecular weight excluding hydrogens is 753 g/mol. The van der Waals surface area contributed by atoms with Crippen LogP contribution in [0.4, 0.5) is 0 Å². The third-order valence-corrected chi connectivity index (χ3v) is 12.6. The predicted molar refractivity (Wildman–Crippen MR) is 236 cm³/mol. The molecule has 0 spiro atoms. The first kappa shape index (κ1) is 46.5. The summed E-state index contributed by atoms with van der Waals surface area (Å²) in [6.45, 7) is 25.1. The van der Waals surface area contributed by atoms with E-state index in [1.54, 1.807) is 36.4 Å². The molecule has 6 rings (SSSR count). The lowest BCUT2D eigenvalue weighted by atomic mass is 9.74. The lowest BCUT2D eigenvalue weighted by Crippen LogP contribution is -2.31. The SMILES string of the molecule is CC(C)(O)C(=O)c1ccc(C2(C)CC(C)(C)c3cc(C(=O)C(C)(C)O)ccc32)cc1.CC(C)(O)C(=O)c1ccc(C2(C)CC(C)(C)c3ccc(C(=O)C(C)(C)O)cc32)cc1. The molecule has 0 saturated carbocycles. The molecule has 0 saturated heterocycles. The van der Waals surface area contributed by atoms with Gasteiger partial charge in [-0.15, -0.1) is 0 Å². The van der Waals surface area contributed by atoms with Crippen LogP contribution >= 0.6 is 0 Å². The van der Waals surface area contributed by atoms with E-state index in [2.05, 4.69) is 41.5 Å². The van der Waals surface area contributed by atoms with Crippen molar-refractivity contribution < 1.29 is 39.6 Å². The standard InChI is InChI=1S/2C26H32O4/c1-23(2)15-26(7,18-11-8-16(9-12-18)21(27)24(3,4)29)19-13-10-17(14-20(19)23)22(28)25(5,6)30;1-23(2)15-26(7,18-11-8-16(9-12-18)21(27)24(3,4)29)20-14-17(10-13-19(20)23)22(28)25(5,6)30/h2*8-14,29-30H,15H2,1-7H3. The Bertz CT molecular complexity index is 2340. The van der Waals surface area contributed by atoms with Gasteiger partial charge in [-0.25, -0.2) is 0 Å². The van der Waals surface area contributed by atoms with Crippen molar-refractivity contribution in [1.29, 1.82) is 0 Å². The van der Waals surface area contributed by atoms with Crippen LogP contribution in [0.25, 0.3) is 0 Å². The molecule has 0 fully saturated rings. The molecule has 0 bridgehead atoms. The van der Waals surface area contributed by atoms with Gasteiger partial charge in [0, 0.05) is 33.1 Å². The van der Waals surface area contributed by atoms with Gasteiger partial charge in [-0.2, -0.15) is 0 Å². The van der Waals surface area contributed by atoms with Crippen LogP contribution in [0.1, 0.15) is 185 Å². The molecule has 8 nitrogen and oxygen atoms in total. The largest absolute Gasteiger partial charge is 0.382 e. The molecule has 0 aromatic heterocycles. The van der Waals surface area contributed by atoms with E-state index in [0.29, 0.717) is 22.3 Å². The average molecular weight is 817 g/mol. The van der Waals surface area contributed by atoms with E-state index in [4.69, 9.17) is 0 Å². The molecule has 2 atom stereocenters. The third kappa shape index (κ3) is 8.76. The van der Waals surface area contributed by atoms with Gasteiger partial charge in [-0.05, 0) is 125 Å². The molecule has 2 aliphatic rings. The van der Waals surface area contributed by atoms with Crippen molar-refractivity contribution in [2.24, 2.45) is 0 Å². The van der Waals surface area contributed by atoms with Gasteiger partial charge in [0.2, 0.25) is 0 Å². The van der Waals surface area contributed by atoms with E-state index in [0.717, 1.165) is 40.7 Å². The van der Waals surface area contributed by atoms with Gasteiger partial charge in [0.1, 0.15) is 22.4 Å². The Morgan fingerprint density at radius 2 is 0.650 bits per heavy atom. The van der Waals surface area contributed by atoms with Crippen molar-refractivity contribution in [2.75, 3.05) is 0 Å². The summed E-state index contributed by atoms with van der Waals surface area (Å²) in [4.78, 5) is 50.0. The Balaban J connectivity index is 0.000000228. The van der Waals surface area contributed by atoms with Gasteiger partial charge in [0.25, 0.3) is 0 Å². The van der Waals surface area contributed by atoms with Crippen LogP contribution in [0.15, 0.2) is 84.9 Å². The lowest BCUT2D eigenvalue weighted by Gasteiger charge is -2.29. The lowest BCUT2D eigenvalue weighted by molar-refractivity contribution is 0.0487. The van der Waals surface area contributed by atoms with E-state index >= 15 is 0 Å². The molecule has 4 aromatic rings. The number of fused-ring (bicyclic) bond motifs is 2. The van der Waals surface area contributed by atoms with Crippen LogP contribution < -0.4 is 0 Å². The summed E-state index contributed by atoms with van der Waals surface area (Å²) in [5.41, 5.74) is 2.12. The zero-order valence-electron chi connectivity index (χ0n) is 37.9. The maximum Gasteiger partial charge on any atom is 0.193 e. The first-order valence-electron chi connectivity index (χ1n) is 20.7. The number of hydrogen-bond donors (Lipinski definition) is 4. The summed E-state index contributed by atoms with van der Waals surface area (Å²) in [5, 5.41) is 40.3. The summed E-state index contributed by atoms with van der Waals surface area (Å²) in [6.07, 6.45) is 1.71. The fraction of sp³-hybridized carbons (Fsp3) is 0.462. The minimum Gasteiger partial charge on any atom is -0.382 e. The highest BCUT2D eigenvalue weighted by Gasteiger charge is 2.48. The summed E-state index contributed by atoms with van der Waals surface area (Å²) >= 11 is 0. The minimum atomic E-state index is -1.43. The Morgan fingerprint density at radius 3 is 1.00 bits per heavy atom. The fourth-order valence-corrected chi connectivity index (χ4v) is 9.51. The minimum absolute atomic E-state index is 0.0814. The third-order valence-electron chi connectivity index (χ3n) is 12.6. The molecule has 0 aliphatic heterocycles. The zero-order chi connectivity index (χ0) is 45.4. The maximum atomic E-state index is 12.7. The van der Waals surface area contributed by atoms with Gasteiger partial charge < -0.3 is 20.4 Å². The van der Waals surface area contributed by atoms with Crippen molar-refractivity contribution in [3.05, 3.63) is 141 Å². The zero-order valence-corrected chi connectivity index (χ0v) is 37.9. The van der Waals surface area contributed by atoms with Gasteiger partial charge >= 0.3 is 0 Å². The topological polar surface area (TPSA) is 149 Å². The molecule has 0 amide bonds. The number of rotatable bonds is 10. The number of carbonyl (C=O) groups excluding carboxylic acids is 4. The molecule has 2 aliphatic carbocycles. The first-order valence-corrected chi connectivity index (χ1v) is 20.7. The van der Waals surface area contributed by atoms with Gasteiger partial charge in [0.05, 0.1) is 0 Å². The Morgan fingerprint density at radius 1 is 0.383 bits per heavy atom. The molecule has 4 aromatic carbocycles. The number of hydrogen-bond acceptors (Lipinski definition) is 8. The van der Waals surface area contributed by atoms with Crippen molar-refractivity contribution in [3.63, 3.8) is 0 Å². The second-order valence-corrected chi connectivity index (χ2v) is 21.0. The highest BCUT2D eigenvalue weighted by atomic mass is 16.3. The average Bonchev–Trinajstić information content (AvgIpc) is 3.49. The highest BCUT2D eigenvalue weighted by molar-refractivity contribution is 6.03. The number of Topliss-reactive ketones (excluding diaryl/α,β-unsaturated/α-hetero) is 4. The summed E-state index contributed by atoms with van der Waals surface area (Å²) in [6, 6.07) is 26.3. The summed E-state index contributed by atoms with van der Waals surface area (Å²) in [5.74, 6) is -1.21.